The fourth-order valence-corrected chi connectivity index (χ4v) is 4.18. The number of nitrogens with zero attached hydrogens (tertiary/aromatic N) is 1. The molecule has 200 valence electrons. The number of carbonyl (C=O) groups excluding carboxylic acids is 4. The lowest BCUT2D eigenvalue weighted by Crippen LogP contribution is -2.55. The summed E-state index contributed by atoms with van der Waals surface area (Å²) in [7, 11) is 0. The third kappa shape index (κ3) is 7.96. The average molecular weight is 503 g/mol. The number of ether oxygens (including phenoxy) is 1. The van der Waals surface area contributed by atoms with Crippen molar-refractivity contribution in [3.63, 3.8) is 0 Å². The lowest BCUT2D eigenvalue weighted by molar-refractivity contribution is -0.144. The molecular formula is C27H42N4O5. The summed E-state index contributed by atoms with van der Waals surface area (Å²) in [5, 5.41) is 5.50. The van der Waals surface area contributed by atoms with Gasteiger partial charge in [0.05, 0.1) is 6.42 Å². The van der Waals surface area contributed by atoms with Crippen LogP contribution in [0.3, 0.4) is 0 Å². The maximum absolute atomic E-state index is 14.0. The first-order valence-electron chi connectivity index (χ1n) is 12.7. The van der Waals surface area contributed by atoms with Crippen LogP contribution in [-0.4, -0.2) is 52.9 Å². The van der Waals surface area contributed by atoms with Gasteiger partial charge in [-0.05, 0) is 70.1 Å². The van der Waals surface area contributed by atoms with E-state index in [9.17, 15) is 19.2 Å². The second kappa shape index (κ2) is 12.2. The van der Waals surface area contributed by atoms with E-state index in [1.54, 1.807) is 25.7 Å². The van der Waals surface area contributed by atoms with Gasteiger partial charge in [0, 0.05) is 12.6 Å². The highest BCUT2D eigenvalue weighted by Crippen LogP contribution is 2.41. The molecule has 4 unspecified atom stereocenters. The van der Waals surface area contributed by atoms with E-state index in [1.165, 1.54) is 0 Å². The van der Waals surface area contributed by atoms with Gasteiger partial charge in [0.2, 0.25) is 17.7 Å². The van der Waals surface area contributed by atoms with E-state index >= 15 is 0 Å². The quantitative estimate of drug-likeness (QED) is 0.400. The number of benzene rings is 1. The SMILES string of the molecule is CCCCNC(=O)C(c1cccc(C)c1C)N(C(=O)C(CC(N)=O)NC(=O)OC(C)(C)C)C1CC1C. The van der Waals surface area contributed by atoms with Crippen molar-refractivity contribution < 1.29 is 23.9 Å². The number of nitrogens with two attached hydrogens (primary N) is 1. The molecule has 0 aromatic heterocycles. The molecule has 4 N–H and O–H groups in total. The van der Waals surface area contributed by atoms with Crippen LogP contribution in [0.2, 0.25) is 0 Å². The van der Waals surface area contributed by atoms with E-state index in [0.717, 1.165) is 24.0 Å². The number of alkyl carbamates (subject to hydrolysis) is 1. The second-order valence-electron chi connectivity index (χ2n) is 10.7. The maximum Gasteiger partial charge on any atom is 0.408 e. The third-order valence-corrected chi connectivity index (χ3v) is 6.37. The average Bonchev–Trinajstić information content (AvgIpc) is 3.47. The summed E-state index contributed by atoms with van der Waals surface area (Å²) in [6.45, 7) is 13.5. The zero-order chi connectivity index (χ0) is 27.2. The molecule has 0 bridgehead atoms. The Labute approximate surface area is 214 Å². The second-order valence-corrected chi connectivity index (χ2v) is 10.7. The van der Waals surface area contributed by atoms with Crippen molar-refractivity contribution in [2.75, 3.05) is 6.54 Å². The van der Waals surface area contributed by atoms with Crippen molar-refractivity contribution in [3.8, 4) is 0 Å². The van der Waals surface area contributed by atoms with Crippen LogP contribution in [0, 0.1) is 19.8 Å². The first-order valence-corrected chi connectivity index (χ1v) is 12.7. The maximum atomic E-state index is 14.0. The molecule has 4 amide bonds. The van der Waals surface area contributed by atoms with Gasteiger partial charge in [-0.15, -0.1) is 0 Å². The van der Waals surface area contributed by atoms with Crippen LogP contribution in [0.5, 0.6) is 0 Å². The smallest absolute Gasteiger partial charge is 0.408 e. The Hall–Kier alpha value is -3.10. The van der Waals surface area contributed by atoms with Crippen molar-refractivity contribution in [2.45, 2.75) is 97.9 Å². The van der Waals surface area contributed by atoms with Crippen LogP contribution in [0.15, 0.2) is 18.2 Å². The van der Waals surface area contributed by atoms with E-state index in [2.05, 4.69) is 10.6 Å². The summed E-state index contributed by atoms with van der Waals surface area (Å²) >= 11 is 0. The monoisotopic (exact) mass is 502 g/mol. The van der Waals surface area contributed by atoms with Crippen molar-refractivity contribution in [3.05, 3.63) is 34.9 Å². The highest BCUT2D eigenvalue weighted by atomic mass is 16.6. The molecular weight excluding hydrogens is 460 g/mol. The van der Waals surface area contributed by atoms with Gasteiger partial charge < -0.3 is 26.0 Å². The summed E-state index contributed by atoms with van der Waals surface area (Å²) in [6, 6.07) is 3.28. The Kier molecular flexibility index (Phi) is 9.90. The predicted molar refractivity (Wildman–Crippen MR) is 138 cm³/mol. The summed E-state index contributed by atoms with van der Waals surface area (Å²) in [4.78, 5) is 53.6. The number of unbranched alkanes of at least 4 members (excludes halogenated alkanes) is 1. The van der Waals surface area contributed by atoms with Gasteiger partial charge in [-0.25, -0.2) is 4.79 Å². The standard InChI is InChI=1S/C27H42N4O5/c1-8-9-13-29-24(33)23(19-12-10-11-16(2)18(19)4)31(21-14-17(21)3)25(34)20(15-22(28)32)30-26(35)36-27(5,6)7/h10-12,17,20-21,23H,8-9,13-15H2,1-7H3,(H2,28,32)(H,29,33)(H,30,35). The summed E-state index contributed by atoms with van der Waals surface area (Å²) in [5.74, 6) is -1.41. The molecule has 1 aromatic rings. The van der Waals surface area contributed by atoms with Crippen LogP contribution in [0.1, 0.15) is 83.0 Å². The molecule has 1 fully saturated rings. The van der Waals surface area contributed by atoms with Gasteiger partial charge in [0.1, 0.15) is 17.7 Å². The summed E-state index contributed by atoms with van der Waals surface area (Å²) in [6.07, 6.45) is 1.19. The molecule has 1 saturated carbocycles. The van der Waals surface area contributed by atoms with Gasteiger partial charge in [0.15, 0.2) is 0 Å². The first-order chi connectivity index (χ1) is 16.8. The molecule has 1 aliphatic carbocycles. The van der Waals surface area contributed by atoms with Crippen LogP contribution in [0.25, 0.3) is 0 Å². The molecule has 4 atom stereocenters. The number of carbonyl (C=O) groups is 4. The Morgan fingerprint density at radius 1 is 1.19 bits per heavy atom. The molecule has 0 radical (unpaired) electrons. The van der Waals surface area contributed by atoms with Crippen LogP contribution < -0.4 is 16.4 Å². The van der Waals surface area contributed by atoms with E-state index in [1.807, 2.05) is 45.9 Å². The van der Waals surface area contributed by atoms with Crippen LogP contribution >= 0.6 is 0 Å². The Morgan fingerprint density at radius 2 is 1.83 bits per heavy atom. The highest BCUT2D eigenvalue weighted by Gasteiger charge is 2.48. The molecule has 0 saturated heterocycles. The fraction of sp³-hybridized carbons (Fsp3) is 0.630. The Bertz CT molecular complexity index is 971. The fourth-order valence-electron chi connectivity index (χ4n) is 4.18. The number of amides is 4. The van der Waals surface area contributed by atoms with Crippen molar-refractivity contribution in [1.29, 1.82) is 0 Å². The number of hydrogen-bond donors (Lipinski definition) is 3. The van der Waals surface area contributed by atoms with Crippen molar-refractivity contribution >= 4 is 23.8 Å². The number of aryl methyl sites for hydroxylation is 1. The number of hydrogen-bond acceptors (Lipinski definition) is 5. The Balaban J connectivity index is 2.52. The molecule has 9 nitrogen and oxygen atoms in total. The molecule has 1 aromatic carbocycles. The van der Waals surface area contributed by atoms with Gasteiger partial charge in [0.25, 0.3) is 0 Å². The van der Waals surface area contributed by atoms with Crippen LogP contribution in [-0.2, 0) is 19.1 Å². The van der Waals surface area contributed by atoms with Gasteiger partial charge >= 0.3 is 6.09 Å². The molecule has 1 aliphatic rings. The minimum atomic E-state index is -1.26. The topological polar surface area (TPSA) is 131 Å². The number of primary amides is 1. The predicted octanol–water partition coefficient (Wildman–Crippen LogP) is 3.27. The molecule has 0 spiro atoms. The molecule has 2 rings (SSSR count). The van der Waals surface area contributed by atoms with Crippen molar-refractivity contribution in [2.24, 2.45) is 11.7 Å². The minimum absolute atomic E-state index is 0.167. The molecule has 0 heterocycles. The Morgan fingerprint density at radius 3 is 2.36 bits per heavy atom. The summed E-state index contributed by atoms with van der Waals surface area (Å²) < 4.78 is 5.32. The zero-order valence-electron chi connectivity index (χ0n) is 22.6. The minimum Gasteiger partial charge on any atom is -0.444 e. The van der Waals surface area contributed by atoms with E-state index in [0.29, 0.717) is 18.5 Å². The van der Waals surface area contributed by atoms with E-state index in [4.69, 9.17) is 10.5 Å². The summed E-state index contributed by atoms with van der Waals surface area (Å²) in [5.41, 5.74) is 7.27. The molecule has 9 heteroatoms. The highest BCUT2D eigenvalue weighted by molar-refractivity contribution is 5.95. The first kappa shape index (κ1) is 29.1. The van der Waals surface area contributed by atoms with E-state index < -0.39 is 42.0 Å². The number of rotatable bonds is 11. The third-order valence-electron chi connectivity index (χ3n) is 6.37. The number of nitrogens with one attached hydrogen (secondary N) is 2. The van der Waals surface area contributed by atoms with E-state index in [-0.39, 0.29) is 17.9 Å². The largest absolute Gasteiger partial charge is 0.444 e. The van der Waals surface area contributed by atoms with Gasteiger partial charge in [-0.1, -0.05) is 38.5 Å². The van der Waals surface area contributed by atoms with Gasteiger partial charge in [-0.3, -0.25) is 14.4 Å². The lowest BCUT2D eigenvalue weighted by Gasteiger charge is -2.35. The van der Waals surface area contributed by atoms with Crippen molar-refractivity contribution in [1.82, 2.24) is 15.5 Å². The molecule has 36 heavy (non-hydrogen) atoms. The normalized spacial score (nSPS) is 18.5. The lowest BCUT2D eigenvalue weighted by atomic mass is 9.94. The zero-order valence-corrected chi connectivity index (χ0v) is 22.6. The van der Waals surface area contributed by atoms with Crippen LogP contribution in [0.4, 0.5) is 4.79 Å². The van der Waals surface area contributed by atoms with Gasteiger partial charge in [-0.2, -0.15) is 0 Å². The molecule has 0 aliphatic heterocycles.